The molecule has 0 atom stereocenters. The number of hydrogen-bond donors (Lipinski definition) is 0. The number of hydrogen-bond acceptors (Lipinski definition) is 5. The largest absolute Gasteiger partial charge is 0.456 e. The first-order valence-electron chi connectivity index (χ1n) is 20.4. The second kappa shape index (κ2) is 13.1. The number of furan rings is 2. The van der Waals surface area contributed by atoms with Crippen molar-refractivity contribution in [1.29, 1.82) is 0 Å². The van der Waals surface area contributed by atoms with Crippen molar-refractivity contribution in [3.63, 3.8) is 0 Å². The molecule has 0 unspecified atom stereocenters. The van der Waals surface area contributed by atoms with Crippen molar-refractivity contribution in [2.45, 2.75) is 0 Å². The molecule has 0 fully saturated rings. The summed E-state index contributed by atoms with van der Waals surface area (Å²) in [5, 5.41) is 8.80. The van der Waals surface area contributed by atoms with E-state index in [1.807, 2.05) is 42.5 Å². The molecule has 0 N–H and O–H groups in total. The van der Waals surface area contributed by atoms with Crippen LogP contribution in [0.5, 0.6) is 0 Å². The zero-order valence-corrected chi connectivity index (χ0v) is 32.6. The zero-order chi connectivity index (χ0) is 40.0. The predicted molar refractivity (Wildman–Crippen MR) is 248 cm³/mol. The van der Waals surface area contributed by atoms with E-state index < -0.39 is 0 Å². The number of nitrogens with zero attached hydrogens (tertiary/aromatic N) is 4. The molecule has 0 radical (unpaired) electrons. The van der Waals surface area contributed by atoms with Gasteiger partial charge >= 0.3 is 0 Å². The van der Waals surface area contributed by atoms with Crippen LogP contribution in [0.25, 0.3) is 127 Å². The van der Waals surface area contributed by atoms with E-state index in [-0.39, 0.29) is 0 Å². The third kappa shape index (κ3) is 5.26. The van der Waals surface area contributed by atoms with Crippen LogP contribution in [-0.4, -0.2) is 19.5 Å². The lowest BCUT2D eigenvalue weighted by Gasteiger charge is -2.16. The van der Waals surface area contributed by atoms with Crippen LogP contribution in [-0.2, 0) is 0 Å². The van der Waals surface area contributed by atoms with E-state index >= 15 is 0 Å². The van der Waals surface area contributed by atoms with Crippen LogP contribution in [0.1, 0.15) is 0 Å². The van der Waals surface area contributed by atoms with Crippen LogP contribution >= 0.6 is 0 Å². The van der Waals surface area contributed by atoms with Crippen LogP contribution in [0, 0.1) is 0 Å². The molecule has 0 amide bonds. The predicted octanol–water partition coefficient (Wildman–Crippen LogP) is 14.6. The van der Waals surface area contributed by atoms with Crippen molar-refractivity contribution in [1.82, 2.24) is 19.5 Å². The van der Waals surface area contributed by atoms with Crippen LogP contribution in [0.2, 0.25) is 0 Å². The van der Waals surface area contributed by atoms with Crippen LogP contribution in [0.15, 0.2) is 203 Å². The van der Waals surface area contributed by atoms with E-state index in [2.05, 4.69) is 156 Å². The molecule has 13 rings (SSSR count). The highest BCUT2D eigenvalue weighted by Gasteiger charge is 2.25. The molecular weight excluding hydrogens is 749 g/mol. The summed E-state index contributed by atoms with van der Waals surface area (Å²) in [6.45, 7) is 0. The lowest BCUT2D eigenvalue weighted by Crippen LogP contribution is -2.04. The number of fused-ring (bicyclic) bond motifs is 10. The Morgan fingerprint density at radius 3 is 1.77 bits per heavy atom. The van der Waals surface area contributed by atoms with Crippen LogP contribution in [0.4, 0.5) is 0 Å². The fraction of sp³-hybridized carbons (Fsp3) is 0. The molecule has 0 saturated carbocycles. The molecular formula is C55H32N4O2. The number of aromatic nitrogens is 4. The molecule has 61 heavy (non-hydrogen) atoms. The molecule has 0 bridgehead atoms. The summed E-state index contributed by atoms with van der Waals surface area (Å²) in [6.07, 6.45) is 0. The average Bonchev–Trinajstić information content (AvgIpc) is 4.00. The minimum absolute atomic E-state index is 0.545. The fourth-order valence-corrected chi connectivity index (χ4v) is 9.20. The SMILES string of the molecule is c1ccc(-c2cccc(-c3nc(-c4ccc5c(c4)oc4ccccc45)nc(-c4ccc5oc6ccccc6c5c4-n4c5ccccc5c5cc6ccccc6cc54)n3)c2)cc1. The van der Waals surface area contributed by atoms with E-state index in [9.17, 15) is 0 Å². The summed E-state index contributed by atoms with van der Waals surface area (Å²) in [5.41, 5.74) is 11.1. The first-order valence-corrected chi connectivity index (χ1v) is 20.4. The molecule has 4 heterocycles. The Hall–Kier alpha value is -8.35. The Bertz CT molecular complexity index is 3900. The maximum atomic E-state index is 6.61. The van der Waals surface area contributed by atoms with Gasteiger partial charge in [0.15, 0.2) is 17.5 Å². The highest BCUT2D eigenvalue weighted by Crippen LogP contribution is 2.44. The van der Waals surface area contributed by atoms with Crippen molar-refractivity contribution >= 4 is 76.5 Å². The molecule has 6 nitrogen and oxygen atoms in total. The lowest BCUT2D eigenvalue weighted by atomic mass is 10.0. The van der Waals surface area contributed by atoms with Gasteiger partial charge in [-0.25, -0.2) is 15.0 Å². The Labute approximate surface area is 348 Å². The Kier molecular flexibility index (Phi) is 7.21. The van der Waals surface area contributed by atoms with Crippen molar-refractivity contribution in [3.05, 3.63) is 194 Å². The van der Waals surface area contributed by atoms with Gasteiger partial charge < -0.3 is 13.4 Å². The van der Waals surface area contributed by atoms with Crippen LogP contribution < -0.4 is 0 Å². The molecule has 0 saturated heterocycles. The Morgan fingerprint density at radius 2 is 0.934 bits per heavy atom. The first-order chi connectivity index (χ1) is 30.2. The molecule has 6 heteroatoms. The van der Waals surface area contributed by atoms with E-state index in [1.54, 1.807) is 0 Å². The molecule has 4 aromatic heterocycles. The topological polar surface area (TPSA) is 69.9 Å². The number of rotatable bonds is 5. The van der Waals surface area contributed by atoms with Gasteiger partial charge in [-0.1, -0.05) is 133 Å². The summed E-state index contributed by atoms with van der Waals surface area (Å²) in [5.74, 6) is 1.66. The number of benzene rings is 9. The highest BCUT2D eigenvalue weighted by atomic mass is 16.3. The fourth-order valence-electron chi connectivity index (χ4n) is 9.20. The van der Waals surface area contributed by atoms with Crippen molar-refractivity contribution in [2.75, 3.05) is 0 Å². The molecule has 13 aromatic rings. The molecule has 0 aliphatic heterocycles. The standard InChI is InChI=1S/C55H32N4O2/c1-2-13-33(14-3-1)34-17-12-18-37(29-34)53-56-54(38-25-26-41-40-20-7-10-23-47(40)61-50(41)32-38)58-55(57-53)43-27-28-49-51(42-21-8-11-24-48(42)60-49)52(43)59-45-22-9-6-19-39(45)44-30-35-15-4-5-16-36(35)31-46(44)59/h1-32H. The minimum atomic E-state index is 0.545. The van der Waals surface area contributed by atoms with Gasteiger partial charge in [-0.15, -0.1) is 0 Å². The summed E-state index contributed by atoms with van der Waals surface area (Å²) in [7, 11) is 0. The van der Waals surface area contributed by atoms with Gasteiger partial charge in [0, 0.05) is 43.6 Å². The number of para-hydroxylation sites is 3. The maximum Gasteiger partial charge on any atom is 0.166 e. The summed E-state index contributed by atoms with van der Waals surface area (Å²) in [4.78, 5) is 16.0. The molecule has 9 aromatic carbocycles. The second-order valence-corrected chi connectivity index (χ2v) is 15.6. The van der Waals surface area contributed by atoms with Crippen LogP contribution in [0.3, 0.4) is 0 Å². The maximum absolute atomic E-state index is 6.61. The van der Waals surface area contributed by atoms with E-state index in [0.29, 0.717) is 17.5 Å². The highest BCUT2D eigenvalue weighted by molar-refractivity contribution is 6.18. The summed E-state index contributed by atoms with van der Waals surface area (Å²) >= 11 is 0. The molecule has 0 aliphatic rings. The molecule has 0 spiro atoms. The van der Waals surface area contributed by atoms with Crippen molar-refractivity contribution in [3.8, 4) is 51.0 Å². The first kappa shape index (κ1) is 33.6. The van der Waals surface area contributed by atoms with Gasteiger partial charge in [0.2, 0.25) is 0 Å². The Balaban J connectivity index is 1.13. The summed E-state index contributed by atoms with van der Waals surface area (Å²) < 4.78 is 15.4. The summed E-state index contributed by atoms with van der Waals surface area (Å²) in [6, 6.07) is 67.4. The molecule has 284 valence electrons. The monoisotopic (exact) mass is 780 g/mol. The lowest BCUT2D eigenvalue weighted by molar-refractivity contribution is 0.668. The molecule has 0 aliphatic carbocycles. The normalized spacial score (nSPS) is 11.9. The van der Waals surface area contributed by atoms with Gasteiger partial charge in [0.1, 0.15) is 22.3 Å². The van der Waals surface area contributed by atoms with Gasteiger partial charge in [-0.3, -0.25) is 0 Å². The van der Waals surface area contributed by atoms with Crippen molar-refractivity contribution in [2.24, 2.45) is 0 Å². The third-order valence-electron chi connectivity index (χ3n) is 12.0. The minimum Gasteiger partial charge on any atom is -0.456 e. The third-order valence-corrected chi connectivity index (χ3v) is 12.0. The van der Waals surface area contributed by atoms with Gasteiger partial charge in [0.25, 0.3) is 0 Å². The quantitative estimate of drug-likeness (QED) is 0.174. The van der Waals surface area contributed by atoms with Gasteiger partial charge in [-0.2, -0.15) is 0 Å². The smallest absolute Gasteiger partial charge is 0.166 e. The zero-order valence-electron chi connectivity index (χ0n) is 32.6. The van der Waals surface area contributed by atoms with Gasteiger partial charge in [0.05, 0.1) is 22.1 Å². The van der Waals surface area contributed by atoms with E-state index in [0.717, 1.165) is 99.2 Å². The van der Waals surface area contributed by atoms with Gasteiger partial charge in [-0.05, 0) is 82.6 Å². The van der Waals surface area contributed by atoms with Crippen molar-refractivity contribution < 1.29 is 8.83 Å². The second-order valence-electron chi connectivity index (χ2n) is 15.6. The van der Waals surface area contributed by atoms with E-state index in [4.69, 9.17) is 23.8 Å². The average molecular weight is 781 g/mol. The van der Waals surface area contributed by atoms with E-state index in [1.165, 1.54) is 10.8 Å². The Morgan fingerprint density at radius 1 is 0.328 bits per heavy atom.